The molecule has 1 aromatic rings. The predicted molar refractivity (Wildman–Crippen MR) is 84.7 cm³/mol. The molecule has 0 saturated heterocycles. The zero-order valence-corrected chi connectivity index (χ0v) is 13.9. The number of rotatable bonds is 5. The highest BCUT2D eigenvalue weighted by Crippen LogP contribution is 2.41. The molecule has 0 spiro atoms. The molecule has 1 aliphatic heterocycles. The van der Waals surface area contributed by atoms with E-state index in [1.54, 1.807) is 12.1 Å². The molecule has 0 unspecified atom stereocenters. The van der Waals surface area contributed by atoms with Crippen LogP contribution in [-0.2, 0) is 21.2 Å². The lowest BCUT2D eigenvalue weighted by molar-refractivity contribution is -0.133. The van der Waals surface area contributed by atoms with Gasteiger partial charge in [0.15, 0.2) is 5.83 Å². The van der Waals surface area contributed by atoms with Gasteiger partial charge in [-0.2, -0.15) is 0 Å². The van der Waals surface area contributed by atoms with Crippen LogP contribution in [0.4, 0.5) is 8.78 Å². The number of carbonyl (C=O) groups excluding carboxylic acids is 1. The number of nitrogens with zero attached hydrogens (tertiary/aromatic N) is 1. The van der Waals surface area contributed by atoms with E-state index in [1.165, 1.54) is 24.1 Å². The molecule has 1 aromatic carbocycles. The van der Waals surface area contributed by atoms with E-state index in [9.17, 15) is 22.0 Å². The summed E-state index contributed by atoms with van der Waals surface area (Å²) in [6, 6.07) is 5.58. The summed E-state index contributed by atoms with van der Waals surface area (Å²) < 4.78 is 53.7. The molecule has 1 aliphatic carbocycles. The monoisotopic (exact) mass is 356 g/mol. The topological polar surface area (TPSA) is 66.5 Å². The summed E-state index contributed by atoms with van der Waals surface area (Å²) in [5.41, 5.74) is 0.819. The van der Waals surface area contributed by atoms with Crippen LogP contribution in [-0.4, -0.2) is 44.1 Å². The standard InChI is InChI=1S/C16H18F2N2O3S/c1-20-14-9-15(12(14)8-13(18)16(20)21)24(22,23)19-7-6-10-2-4-11(17)5-3-10/h2-5,8,12,14-15,19H,6-7,9H2,1H3/t12-,14-,15-/m1/s1. The van der Waals surface area contributed by atoms with Gasteiger partial charge in [-0.15, -0.1) is 0 Å². The van der Waals surface area contributed by atoms with Crippen LogP contribution in [0, 0.1) is 11.7 Å². The van der Waals surface area contributed by atoms with Crippen molar-refractivity contribution in [1.29, 1.82) is 0 Å². The second-order valence-corrected chi connectivity index (χ2v) is 8.15. The van der Waals surface area contributed by atoms with Crippen molar-refractivity contribution in [1.82, 2.24) is 9.62 Å². The highest BCUT2D eigenvalue weighted by Gasteiger charge is 2.52. The average Bonchev–Trinajstić information content (AvgIpc) is 2.50. The van der Waals surface area contributed by atoms with Crippen molar-refractivity contribution in [3.63, 3.8) is 0 Å². The van der Waals surface area contributed by atoms with Crippen molar-refractivity contribution in [2.45, 2.75) is 24.1 Å². The third-order valence-corrected chi connectivity index (χ3v) is 6.65. The van der Waals surface area contributed by atoms with Gasteiger partial charge in [0.2, 0.25) is 10.0 Å². The summed E-state index contributed by atoms with van der Waals surface area (Å²) >= 11 is 0. The van der Waals surface area contributed by atoms with Crippen molar-refractivity contribution in [2.24, 2.45) is 5.92 Å². The van der Waals surface area contributed by atoms with Crippen molar-refractivity contribution in [3.05, 3.63) is 47.5 Å². The first kappa shape index (κ1) is 17.0. The molecule has 1 fully saturated rings. The first-order valence-corrected chi connectivity index (χ1v) is 9.21. The molecule has 1 saturated carbocycles. The lowest BCUT2D eigenvalue weighted by Crippen LogP contribution is -2.61. The van der Waals surface area contributed by atoms with E-state index in [2.05, 4.69) is 4.72 Å². The molecular formula is C16H18F2N2O3S. The molecule has 24 heavy (non-hydrogen) atoms. The minimum absolute atomic E-state index is 0.183. The first-order chi connectivity index (χ1) is 11.3. The lowest BCUT2D eigenvalue weighted by Gasteiger charge is -2.48. The van der Waals surface area contributed by atoms with E-state index in [0.29, 0.717) is 12.8 Å². The van der Waals surface area contributed by atoms with Crippen LogP contribution in [0.2, 0.25) is 0 Å². The number of likely N-dealkylation sites (N-methyl/N-ethyl adjacent to an activating group) is 1. The number of benzene rings is 1. The Morgan fingerprint density at radius 2 is 1.92 bits per heavy atom. The van der Waals surface area contributed by atoms with Crippen LogP contribution in [0.25, 0.3) is 0 Å². The van der Waals surface area contributed by atoms with Crippen LogP contribution in [0.15, 0.2) is 36.2 Å². The van der Waals surface area contributed by atoms with Crippen LogP contribution in [0.1, 0.15) is 12.0 Å². The van der Waals surface area contributed by atoms with Gasteiger partial charge in [0.05, 0.1) is 5.25 Å². The van der Waals surface area contributed by atoms with E-state index >= 15 is 0 Å². The van der Waals surface area contributed by atoms with Crippen molar-refractivity contribution in [2.75, 3.05) is 13.6 Å². The van der Waals surface area contributed by atoms with Gasteiger partial charge in [0.25, 0.3) is 5.91 Å². The minimum atomic E-state index is -3.61. The summed E-state index contributed by atoms with van der Waals surface area (Å²) in [7, 11) is -2.13. The van der Waals surface area contributed by atoms with Crippen molar-refractivity contribution >= 4 is 15.9 Å². The van der Waals surface area contributed by atoms with Gasteiger partial charge in [0, 0.05) is 25.6 Å². The average molecular weight is 356 g/mol. The second-order valence-electron chi connectivity index (χ2n) is 6.17. The zero-order valence-electron chi connectivity index (χ0n) is 13.1. The predicted octanol–water partition coefficient (Wildman–Crippen LogP) is 1.37. The molecule has 3 atom stereocenters. The number of carbonyl (C=O) groups is 1. The SMILES string of the molecule is CN1C(=O)C(F)=C[C@@H]2[C@H]1C[C@H]2S(=O)(=O)NCCc1ccc(F)cc1. The molecule has 1 heterocycles. The van der Waals surface area contributed by atoms with Crippen molar-refractivity contribution < 1.29 is 22.0 Å². The molecule has 0 radical (unpaired) electrons. The van der Waals surface area contributed by atoms with E-state index in [4.69, 9.17) is 0 Å². The number of hydrogen-bond donors (Lipinski definition) is 1. The number of halogens is 2. The van der Waals surface area contributed by atoms with E-state index < -0.39 is 32.9 Å². The van der Waals surface area contributed by atoms with Crippen LogP contribution in [0.5, 0.6) is 0 Å². The van der Waals surface area contributed by atoms with Crippen molar-refractivity contribution in [3.8, 4) is 0 Å². The Morgan fingerprint density at radius 1 is 1.25 bits per heavy atom. The van der Waals surface area contributed by atoms with Crippen LogP contribution < -0.4 is 4.72 Å². The third kappa shape index (κ3) is 3.08. The number of hydrogen-bond acceptors (Lipinski definition) is 3. The summed E-state index contributed by atoms with van der Waals surface area (Å²) in [4.78, 5) is 12.8. The maximum atomic E-state index is 13.6. The van der Waals surface area contributed by atoms with Gasteiger partial charge in [-0.3, -0.25) is 4.79 Å². The normalized spacial score (nSPS) is 26.6. The highest BCUT2D eigenvalue weighted by molar-refractivity contribution is 7.90. The maximum absolute atomic E-state index is 13.6. The molecule has 8 heteroatoms. The molecule has 5 nitrogen and oxygen atoms in total. The number of fused-ring (bicyclic) bond motifs is 1. The number of nitrogens with one attached hydrogen (secondary N) is 1. The molecule has 2 aliphatic rings. The van der Waals surface area contributed by atoms with Gasteiger partial charge in [-0.1, -0.05) is 12.1 Å². The molecule has 1 amide bonds. The smallest absolute Gasteiger partial charge is 0.282 e. The van der Waals surface area contributed by atoms with Crippen LogP contribution >= 0.6 is 0 Å². The Hall–Kier alpha value is -1.80. The Morgan fingerprint density at radius 3 is 2.58 bits per heavy atom. The Labute approximate surface area is 139 Å². The second kappa shape index (κ2) is 6.25. The lowest BCUT2D eigenvalue weighted by atomic mass is 9.76. The molecule has 0 bridgehead atoms. The molecule has 3 rings (SSSR count). The first-order valence-electron chi connectivity index (χ1n) is 7.67. The van der Waals surface area contributed by atoms with Gasteiger partial charge in [0.1, 0.15) is 5.82 Å². The maximum Gasteiger partial charge on any atom is 0.282 e. The fourth-order valence-electron chi connectivity index (χ4n) is 3.23. The van der Waals surface area contributed by atoms with E-state index in [0.717, 1.165) is 11.6 Å². The molecule has 130 valence electrons. The number of amides is 1. The Balaban J connectivity index is 1.60. The summed E-state index contributed by atoms with van der Waals surface area (Å²) in [6.45, 7) is 0.183. The van der Waals surface area contributed by atoms with E-state index in [1.807, 2.05) is 0 Å². The largest absolute Gasteiger partial charge is 0.336 e. The quantitative estimate of drug-likeness (QED) is 0.867. The Kier molecular flexibility index (Phi) is 4.44. The molecular weight excluding hydrogens is 338 g/mol. The third-order valence-electron chi connectivity index (χ3n) is 4.74. The molecule has 1 N–H and O–H groups in total. The van der Waals surface area contributed by atoms with Gasteiger partial charge >= 0.3 is 0 Å². The summed E-state index contributed by atoms with van der Waals surface area (Å²) in [5, 5.41) is -0.739. The summed E-state index contributed by atoms with van der Waals surface area (Å²) in [6.07, 6.45) is 1.85. The molecule has 0 aromatic heterocycles. The van der Waals surface area contributed by atoms with Crippen LogP contribution in [0.3, 0.4) is 0 Å². The summed E-state index contributed by atoms with van der Waals surface area (Å²) in [5.74, 6) is -2.46. The van der Waals surface area contributed by atoms with E-state index in [-0.39, 0.29) is 18.4 Å². The zero-order chi connectivity index (χ0) is 17.5. The van der Waals surface area contributed by atoms with Gasteiger partial charge < -0.3 is 4.90 Å². The minimum Gasteiger partial charge on any atom is -0.336 e. The van der Waals surface area contributed by atoms with Gasteiger partial charge in [-0.05, 0) is 36.6 Å². The fourth-order valence-corrected chi connectivity index (χ4v) is 4.95. The fraction of sp³-hybridized carbons (Fsp3) is 0.438. The highest BCUT2D eigenvalue weighted by atomic mass is 32.2. The Bertz CT molecular complexity index is 777. The van der Waals surface area contributed by atoms with Gasteiger partial charge in [-0.25, -0.2) is 21.9 Å². The number of sulfonamides is 1.